The van der Waals surface area contributed by atoms with Gasteiger partial charge in [0.1, 0.15) is 0 Å². The molecule has 0 aliphatic carbocycles. The van der Waals surface area contributed by atoms with Gasteiger partial charge in [0, 0.05) is 16.2 Å². The van der Waals surface area contributed by atoms with Gasteiger partial charge in [-0.05, 0) is 31.5 Å². The maximum absolute atomic E-state index is 3.56. The highest BCUT2D eigenvalue weighted by atomic mass is 79.9. The molecule has 0 radical (unpaired) electrons. The van der Waals surface area contributed by atoms with Crippen LogP contribution in [0.5, 0.6) is 0 Å². The Labute approximate surface area is 92.9 Å². The van der Waals surface area contributed by atoms with E-state index in [1.165, 1.54) is 11.3 Å². The van der Waals surface area contributed by atoms with Gasteiger partial charge in [-0.3, -0.25) is 0 Å². The molecule has 1 rings (SSSR count). The zero-order valence-electron chi connectivity index (χ0n) is 8.16. The smallest absolute Gasteiger partial charge is 0.0324 e. The predicted molar refractivity (Wildman–Crippen MR) is 63.7 cm³/mol. The van der Waals surface area contributed by atoms with Gasteiger partial charge in [0.25, 0.3) is 0 Å². The molecule has 0 aliphatic rings. The van der Waals surface area contributed by atoms with Crippen molar-refractivity contribution in [2.75, 3.05) is 13.6 Å². The average molecular weight is 262 g/mol. The van der Waals surface area contributed by atoms with E-state index in [4.69, 9.17) is 0 Å². The number of thiophene rings is 1. The van der Waals surface area contributed by atoms with Gasteiger partial charge >= 0.3 is 0 Å². The molecule has 0 saturated carbocycles. The van der Waals surface area contributed by atoms with Crippen LogP contribution in [0.4, 0.5) is 0 Å². The Morgan fingerprint density at radius 1 is 1.62 bits per heavy atom. The Morgan fingerprint density at radius 2 is 2.38 bits per heavy atom. The first-order chi connectivity index (χ1) is 6.18. The van der Waals surface area contributed by atoms with Crippen molar-refractivity contribution in [1.82, 2.24) is 4.90 Å². The summed E-state index contributed by atoms with van der Waals surface area (Å²) in [6, 6.07) is 4.31. The molecule has 13 heavy (non-hydrogen) atoms. The fraction of sp³-hybridized carbons (Fsp3) is 0.600. The quantitative estimate of drug-likeness (QED) is 0.735. The van der Waals surface area contributed by atoms with Crippen LogP contribution < -0.4 is 0 Å². The summed E-state index contributed by atoms with van der Waals surface area (Å²) in [6.45, 7) is 4.43. The standard InChI is InChI=1S/C10H16BrNS/c1-9(11)5-6-12(2)8-10-4-3-7-13-10/h3-4,7,9H,5-6,8H2,1-2H3. The number of nitrogens with zero attached hydrogens (tertiary/aromatic N) is 1. The van der Waals surface area contributed by atoms with E-state index in [1.807, 2.05) is 11.3 Å². The number of alkyl halides is 1. The molecule has 1 atom stereocenters. The number of hydrogen-bond acceptors (Lipinski definition) is 2. The third-order valence-electron chi connectivity index (χ3n) is 1.91. The van der Waals surface area contributed by atoms with Crippen LogP contribution in [0, 0.1) is 0 Å². The van der Waals surface area contributed by atoms with Crippen LogP contribution in [0.15, 0.2) is 17.5 Å². The number of hydrogen-bond donors (Lipinski definition) is 0. The summed E-state index contributed by atoms with van der Waals surface area (Å²) in [5.74, 6) is 0. The molecule has 0 saturated heterocycles. The molecule has 0 amide bonds. The molecule has 0 bridgehead atoms. The minimum atomic E-state index is 0.623. The highest BCUT2D eigenvalue weighted by Gasteiger charge is 2.02. The molecule has 1 heterocycles. The first-order valence-electron chi connectivity index (χ1n) is 4.53. The third-order valence-corrected chi connectivity index (χ3v) is 3.23. The first kappa shape index (κ1) is 11.2. The predicted octanol–water partition coefficient (Wildman–Crippen LogP) is 3.35. The second-order valence-corrected chi connectivity index (χ2v) is 5.98. The molecular formula is C10H16BrNS. The maximum Gasteiger partial charge on any atom is 0.0324 e. The van der Waals surface area contributed by atoms with E-state index < -0.39 is 0 Å². The van der Waals surface area contributed by atoms with Crippen molar-refractivity contribution in [1.29, 1.82) is 0 Å². The van der Waals surface area contributed by atoms with Crippen LogP contribution in [-0.2, 0) is 6.54 Å². The zero-order chi connectivity index (χ0) is 9.68. The molecule has 0 N–H and O–H groups in total. The van der Waals surface area contributed by atoms with Crippen molar-refractivity contribution >= 4 is 27.3 Å². The van der Waals surface area contributed by atoms with Crippen molar-refractivity contribution in [2.24, 2.45) is 0 Å². The Balaban J connectivity index is 2.22. The van der Waals surface area contributed by atoms with E-state index in [0.717, 1.165) is 13.1 Å². The van der Waals surface area contributed by atoms with Gasteiger partial charge in [-0.25, -0.2) is 0 Å². The highest BCUT2D eigenvalue weighted by Crippen LogP contribution is 2.12. The van der Waals surface area contributed by atoms with Gasteiger partial charge in [-0.15, -0.1) is 11.3 Å². The molecular weight excluding hydrogens is 246 g/mol. The minimum Gasteiger partial charge on any atom is -0.301 e. The first-order valence-corrected chi connectivity index (χ1v) is 6.33. The van der Waals surface area contributed by atoms with Gasteiger partial charge in [0.2, 0.25) is 0 Å². The summed E-state index contributed by atoms with van der Waals surface area (Å²) >= 11 is 5.39. The lowest BCUT2D eigenvalue weighted by molar-refractivity contribution is 0.325. The second kappa shape index (κ2) is 5.78. The Morgan fingerprint density at radius 3 is 2.92 bits per heavy atom. The molecule has 1 nitrogen and oxygen atoms in total. The van der Waals surface area contributed by atoms with E-state index in [1.54, 1.807) is 0 Å². The molecule has 0 fully saturated rings. The van der Waals surface area contributed by atoms with E-state index in [-0.39, 0.29) is 0 Å². The summed E-state index contributed by atoms with van der Waals surface area (Å²) < 4.78 is 0. The van der Waals surface area contributed by atoms with E-state index in [9.17, 15) is 0 Å². The molecule has 0 spiro atoms. The summed E-state index contributed by atoms with van der Waals surface area (Å²) in [5, 5.41) is 2.14. The van der Waals surface area contributed by atoms with Crippen LogP contribution in [0.2, 0.25) is 0 Å². The molecule has 1 unspecified atom stereocenters. The fourth-order valence-corrected chi connectivity index (χ4v) is 2.13. The lowest BCUT2D eigenvalue weighted by Gasteiger charge is -2.16. The highest BCUT2D eigenvalue weighted by molar-refractivity contribution is 9.09. The molecule has 1 aromatic rings. The Kier molecular flexibility index (Phi) is 4.99. The van der Waals surface area contributed by atoms with E-state index >= 15 is 0 Å². The summed E-state index contributed by atoms with van der Waals surface area (Å²) in [6.07, 6.45) is 1.21. The van der Waals surface area contributed by atoms with Crippen LogP contribution in [-0.4, -0.2) is 23.3 Å². The number of rotatable bonds is 5. The van der Waals surface area contributed by atoms with Gasteiger partial charge in [0.05, 0.1) is 0 Å². The lowest BCUT2D eigenvalue weighted by Crippen LogP contribution is -2.20. The Bertz CT molecular complexity index is 221. The monoisotopic (exact) mass is 261 g/mol. The summed E-state index contributed by atoms with van der Waals surface area (Å²) in [4.78, 5) is 4.44. The van der Waals surface area contributed by atoms with Crippen LogP contribution in [0.1, 0.15) is 18.2 Å². The normalized spacial score (nSPS) is 13.5. The molecule has 74 valence electrons. The topological polar surface area (TPSA) is 3.24 Å². The van der Waals surface area contributed by atoms with E-state index in [0.29, 0.717) is 4.83 Å². The van der Waals surface area contributed by atoms with Gasteiger partial charge in [-0.2, -0.15) is 0 Å². The van der Waals surface area contributed by atoms with Gasteiger partial charge in [0.15, 0.2) is 0 Å². The van der Waals surface area contributed by atoms with Crippen LogP contribution >= 0.6 is 27.3 Å². The summed E-state index contributed by atoms with van der Waals surface area (Å²) in [5.41, 5.74) is 0. The van der Waals surface area contributed by atoms with Crippen molar-refractivity contribution in [3.05, 3.63) is 22.4 Å². The third kappa shape index (κ3) is 4.79. The fourth-order valence-electron chi connectivity index (χ4n) is 1.15. The summed E-state index contributed by atoms with van der Waals surface area (Å²) in [7, 11) is 2.18. The zero-order valence-corrected chi connectivity index (χ0v) is 10.6. The minimum absolute atomic E-state index is 0.623. The lowest BCUT2D eigenvalue weighted by atomic mass is 10.3. The van der Waals surface area contributed by atoms with E-state index in [2.05, 4.69) is 52.3 Å². The van der Waals surface area contributed by atoms with Crippen molar-refractivity contribution in [3.63, 3.8) is 0 Å². The van der Waals surface area contributed by atoms with Crippen LogP contribution in [0.3, 0.4) is 0 Å². The SMILES string of the molecule is CC(Br)CCN(C)Cc1cccs1. The number of halogens is 1. The Hall–Kier alpha value is 0.140. The second-order valence-electron chi connectivity index (χ2n) is 3.39. The molecule has 1 aromatic heterocycles. The maximum atomic E-state index is 3.56. The molecule has 0 aliphatic heterocycles. The van der Waals surface area contributed by atoms with Crippen molar-refractivity contribution in [3.8, 4) is 0 Å². The largest absolute Gasteiger partial charge is 0.301 e. The molecule has 0 aromatic carbocycles. The van der Waals surface area contributed by atoms with Crippen molar-refractivity contribution in [2.45, 2.75) is 24.7 Å². The van der Waals surface area contributed by atoms with Gasteiger partial charge in [-0.1, -0.05) is 28.9 Å². The molecule has 3 heteroatoms. The van der Waals surface area contributed by atoms with Gasteiger partial charge < -0.3 is 4.90 Å². The van der Waals surface area contributed by atoms with Crippen LogP contribution in [0.25, 0.3) is 0 Å². The average Bonchev–Trinajstić information content (AvgIpc) is 2.53. The van der Waals surface area contributed by atoms with Crippen molar-refractivity contribution < 1.29 is 0 Å².